The molecule has 0 spiro atoms. The highest BCUT2D eigenvalue weighted by atomic mass is 16.2. The predicted molar refractivity (Wildman–Crippen MR) is 58.1 cm³/mol. The lowest BCUT2D eigenvalue weighted by Gasteiger charge is -2.40. The summed E-state index contributed by atoms with van der Waals surface area (Å²) < 4.78 is 0. The Bertz CT molecular complexity index is 205. The molecule has 1 rings (SSSR count). The van der Waals surface area contributed by atoms with E-state index in [2.05, 4.69) is 17.1 Å². The maximum atomic E-state index is 11.7. The SMILES string of the molecule is CNC(=O)C(C)(C)N1CCC(C)CC1. The number of hydrogen-bond donors (Lipinski definition) is 1. The number of likely N-dealkylation sites (N-methyl/N-ethyl adjacent to an activating group) is 1. The van der Waals surface area contributed by atoms with Gasteiger partial charge in [-0.1, -0.05) is 6.92 Å². The molecule has 0 aromatic carbocycles. The van der Waals surface area contributed by atoms with Crippen LogP contribution in [-0.2, 0) is 4.79 Å². The number of amides is 1. The third kappa shape index (κ3) is 2.27. The number of rotatable bonds is 2. The highest BCUT2D eigenvalue weighted by Gasteiger charge is 2.35. The van der Waals surface area contributed by atoms with Gasteiger partial charge < -0.3 is 5.32 Å². The molecule has 3 heteroatoms. The zero-order valence-electron chi connectivity index (χ0n) is 9.76. The Morgan fingerprint density at radius 2 is 1.86 bits per heavy atom. The van der Waals surface area contributed by atoms with E-state index in [0.717, 1.165) is 19.0 Å². The first-order valence-corrected chi connectivity index (χ1v) is 5.45. The maximum Gasteiger partial charge on any atom is 0.239 e. The van der Waals surface area contributed by atoms with E-state index in [0.29, 0.717) is 0 Å². The van der Waals surface area contributed by atoms with Crippen LogP contribution in [0.15, 0.2) is 0 Å². The molecule has 0 atom stereocenters. The van der Waals surface area contributed by atoms with Gasteiger partial charge in [-0.3, -0.25) is 9.69 Å². The van der Waals surface area contributed by atoms with Gasteiger partial charge >= 0.3 is 0 Å². The molecule has 1 saturated heterocycles. The predicted octanol–water partition coefficient (Wildman–Crippen LogP) is 1.24. The fraction of sp³-hybridized carbons (Fsp3) is 0.909. The van der Waals surface area contributed by atoms with Crippen LogP contribution in [0.4, 0.5) is 0 Å². The lowest BCUT2D eigenvalue weighted by atomic mass is 9.93. The molecule has 0 bridgehead atoms. The van der Waals surface area contributed by atoms with E-state index in [4.69, 9.17) is 0 Å². The van der Waals surface area contributed by atoms with E-state index in [1.807, 2.05) is 13.8 Å². The first kappa shape index (κ1) is 11.5. The summed E-state index contributed by atoms with van der Waals surface area (Å²) >= 11 is 0. The summed E-state index contributed by atoms with van der Waals surface area (Å²) in [5.74, 6) is 0.929. The topological polar surface area (TPSA) is 32.3 Å². The molecule has 3 nitrogen and oxygen atoms in total. The van der Waals surface area contributed by atoms with Crippen LogP contribution >= 0.6 is 0 Å². The monoisotopic (exact) mass is 198 g/mol. The quantitative estimate of drug-likeness (QED) is 0.724. The number of carbonyl (C=O) groups is 1. The maximum absolute atomic E-state index is 11.7. The average molecular weight is 198 g/mol. The van der Waals surface area contributed by atoms with Crippen molar-refractivity contribution in [2.45, 2.75) is 39.2 Å². The zero-order valence-corrected chi connectivity index (χ0v) is 9.76. The molecule has 14 heavy (non-hydrogen) atoms. The van der Waals surface area contributed by atoms with Crippen LogP contribution < -0.4 is 5.32 Å². The fourth-order valence-corrected chi connectivity index (χ4v) is 2.02. The van der Waals surface area contributed by atoms with E-state index in [1.54, 1.807) is 7.05 Å². The van der Waals surface area contributed by atoms with Crippen LogP contribution in [0.1, 0.15) is 33.6 Å². The standard InChI is InChI=1S/C11H22N2O/c1-9-5-7-13(8-6-9)11(2,3)10(14)12-4/h9H,5-8H2,1-4H3,(H,12,14). The molecule has 0 aromatic heterocycles. The van der Waals surface area contributed by atoms with Gasteiger partial charge in [0, 0.05) is 7.05 Å². The Kier molecular flexibility index (Phi) is 3.53. The summed E-state index contributed by atoms with van der Waals surface area (Å²) in [4.78, 5) is 13.9. The van der Waals surface area contributed by atoms with E-state index in [9.17, 15) is 4.79 Å². The molecular formula is C11H22N2O. The van der Waals surface area contributed by atoms with Gasteiger partial charge in [-0.25, -0.2) is 0 Å². The Balaban J connectivity index is 2.59. The van der Waals surface area contributed by atoms with Crippen molar-refractivity contribution in [3.8, 4) is 0 Å². The van der Waals surface area contributed by atoms with Gasteiger partial charge in [-0.15, -0.1) is 0 Å². The highest BCUT2D eigenvalue weighted by molar-refractivity contribution is 5.85. The first-order chi connectivity index (χ1) is 6.48. The van der Waals surface area contributed by atoms with Gasteiger partial charge in [0.1, 0.15) is 0 Å². The minimum atomic E-state index is -0.352. The minimum absolute atomic E-state index is 0.118. The van der Waals surface area contributed by atoms with Crippen molar-refractivity contribution in [1.29, 1.82) is 0 Å². The second kappa shape index (κ2) is 4.30. The lowest BCUT2D eigenvalue weighted by molar-refractivity contribution is -0.132. The average Bonchev–Trinajstić information content (AvgIpc) is 2.17. The molecule has 1 amide bonds. The summed E-state index contributed by atoms with van der Waals surface area (Å²) in [6.45, 7) is 8.37. The summed E-state index contributed by atoms with van der Waals surface area (Å²) in [6, 6.07) is 0. The van der Waals surface area contributed by atoms with Gasteiger partial charge in [-0.05, 0) is 45.7 Å². The van der Waals surface area contributed by atoms with Crippen molar-refractivity contribution < 1.29 is 4.79 Å². The van der Waals surface area contributed by atoms with Gasteiger partial charge in [-0.2, -0.15) is 0 Å². The molecule has 1 N–H and O–H groups in total. The number of hydrogen-bond acceptors (Lipinski definition) is 2. The molecule has 1 heterocycles. The molecule has 0 unspecified atom stereocenters. The van der Waals surface area contributed by atoms with Crippen molar-refractivity contribution in [3.63, 3.8) is 0 Å². The summed E-state index contributed by atoms with van der Waals surface area (Å²) in [5, 5.41) is 2.73. The molecule has 0 radical (unpaired) electrons. The number of carbonyl (C=O) groups excluding carboxylic acids is 1. The minimum Gasteiger partial charge on any atom is -0.358 e. The van der Waals surface area contributed by atoms with Crippen LogP contribution in [-0.4, -0.2) is 36.5 Å². The third-order valence-electron chi connectivity index (χ3n) is 3.36. The number of likely N-dealkylation sites (tertiary alicyclic amines) is 1. The summed E-state index contributed by atoms with van der Waals surface area (Å²) in [6.07, 6.45) is 2.42. The Morgan fingerprint density at radius 3 is 2.29 bits per heavy atom. The molecule has 1 aliphatic rings. The number of piperidine rings is 1. The summed E-state index contributed by atoms with van der Waals surface area (Å²) in [5.41, 5.74) is -0.352. The number of nitrogens with one attached hydrogen (secondary N) is 1. The molecule has 1 fully saturated rings. The van der Waals surface area contributed by atoms with Crippen LogP contribution in [0.5, 0.6) is 0 Å². The van der Waals surface area contributed by atoms with Crippen LogP contribution in [0.3, 0.4) is 0 Å². The normalized spacial score (nSPS) is 20.9. The van der Waals surface area contributed by atoms with Gasteiger partial charge in [0.25, 0.3) is 0 Å². The molecule has 0 aromatic rings. The van der Waals surface area contributed by atoms with E-state index >= 15 is 0 Å². The van der Waals surface area contributed by atoms with E-state index in [-0.39, 0.29) is 11.4 Å². The molecule has 0 aliphatic carbocycles. The molecule has 82 valence electrons. The van der Waals surface area contributed by atoms with Crippen molar-refractivity contribution in [1.82, 2.24) is 10.2 Å². The van der Waals surface area contributed by atoms with Gasteiger partial charge in [0.2, 0.25) is 5.91 Å². The van der Waals surface area contributed by atoms with Gasteiger partial charge in [0.15, 0.2) is 0 Å². The van der Waals surface area contributed by atoms with Crippen molar-refractivity contribution in [2.75, 3.05) is 20.1 Å². The lowest BCUT2D eigenvalue weighted by Crippen LogP contribution is -2.56. The fourth-order valence-electron chi connectivity index (χ4n) is 2.02. The molecule has 1 aliphatic heterocycles. The van der Waals surface area contributed by atoms with Crippen molar-refractivity contribution >= 4 is 5.91 Å². The third-order valence-corrected chi connectivity index (χ3v) is 3.36. The van der Waals surface area contributed by atoms with E-state index in [1.165, 1.54) is 12.8 Å². The summed E-state index contributed by atoms with van der Waals surface area (Å²) in [7, 11) is 1.71. The van der Waals surface area contributed by atoms with Crippen LogP contribution in [0.2, 0.25) is 0 Å². The second-order valence-electron chi connectivity index (χ2n) is 4.81. The zero-order chi connectivity index (χ0) is 10.8. The second-order valence-corrected chi connectivity index (χ2v) is 4.81. The van der Waals surface area contributed by atoms with Crippen molar-refractivity contribution in [2.24, 2.45) is 5.92 Å². The van der Waals surface area contributed by atoms with E-state index < -0.39 is 0 Å². The van der Waals surface area contributed by atoms with Gasteiger partial charge in [0.05, 0.1) is 5.54 Å². The Labute approximate surface area is 86.9 Å². The molecular weight excluding hydrogens is 176 g/mol. The van der Waals surface area contributed by atoms with Crippen molar-refractivity contribution in [3.05, 3.63) is 0 Å². The van der Waals surface area contributed by atoms with Crippen LogP contribution in [0.25, 0.3) is 0 Å². The molecule has 0 saturated carbocycles. The Morgan fingerprint density at radius 1 is 1.36 bits per heavy atom. The highest BCUT2D eigenvalue weighted by Crippen LogP contribution is 2.23. The smallest absolute Gasteiger partial charge is 0.239 e. The largest absolute Gasteiger partial charge is 0.358 e. The van der Waals surface area contributed by atoms with Crippen LogP contribution in [0, 0.1) is 5.92 Å². The Hall–Kier alpha value is -0.570. The number of nitrogens with zero attached hydrogens (tertiary/aromatic N) is 1. The first-order valence-electron chi connectivity index (χ1n) is 5.45.